The molecule has 3 rings (SSSR count). The minimum absolute atomic E-state index is 0. The maximum Gasteiger partial charge on any atom is 0.272 e. The molecule has 0 saturated carbocycles. The van der Waals surface area contributed by atoms with E-state index >= 15 is 0 Å². The number of carbonyl (C=O) groups is 2. The van der Waals surface area contributed by atoms with Crippen molar-refractivity contribution < 1.29 is 14.5 Å². The van der Waals surface area contributed by atoms with E-state index in [1.54, 1.807) is 17.9 Å². The average molecular weight is 425 g/mol. The summed E-state index contributed by atoms with van der Waals surface area (Å²) in [5, 5.41) is 14.2. The van der Waals surface area contributed by atoms with Crippen molar-refractivity contribution in [3.05, 3.63) is 39.4 Å². The van der Waals surface area contributed by atoms with Crippen molar-refractivity contribution in [2.24, 2.45) is 5.92 Å². The van der Waals surface area contributed by atoms with Crippen LogP contribution >= 0.6 is 12.4 Å². The monoisotopic (exact) mass is 424 g/mol. The smallest absolute Gasteiger partial charge is 0.272 e. The number of nitro groups is 1. The molecule has 2 aliphatic rings. The summed E-state index contributed by atoms with van der Waals surface area (Å²) in [4.78, 5) is 40.2. The maximum absolute atomic E-state index is 13.1. The fourth-order valence-electron chi connectivity index (χ4n) is 4.36. The van der Waals surface area contributed by atoms with Crippen molar-refractivity contribution in [2.75, 3.05) is 33.2 Å². The molecule has 2 unspecified atom stereocenters. The van der Waals surface area contributed by atoms with Crippen molar-refractivity contribution in [3.8, 4) is 0 Å². The Hall–Kier alpha value is -2.19. The Morgan fingerprint density at radius 3 is 2.62 bits per heavy atom. The summed E-state index contributed by atoms with van der Waals surface area (Å²) < 4.78 is 0. The molecule has 0 aromatic heterocycles. The van der Waals surface area contributed by atoms with E-state index in [1.807, 2.05) is 11.9 Å². The van der Waals surface area contributed by atoms with Crippen molar-refractivity contribution >= 4 is 29.9 Å². The summed E-state index contributed by atoms with van der Waals surface area (Å²) in [6.07, 6.45) is 3.56. The van der Waals surface area contributed by atoms with Crippen LogP contribution in [0.15, 0.2) is 18.2 Å². The van der Waals surface area contributed by atoms with E-state index < -0.39 is 11.0 Å². The minimum Gasteiger partial charge on any atom is -0.341 e. The van der Waals surface area contributed by atoms with Crippen LogP contribution in [0, 0.1) is 23.0 Å². The molecule has 1 aromatic carbocycles. The predicted octanol–water partition coefficient (Wildman–Crippen LogP) is 2.39. The van der Waals surface area contributed by atoms with Crippen LogP contribution in [0.4, 0.5) is 5.69 Å². The number of nitrogens with zero attached hydrogens (tertiary/aromatic N) is 3. The van der Waals surface area contributed by atoms with E-state index in [9.17, 15) is 19.7 Å². The molecule has 0 bridgehead atoms. The van der Waals surface area contributed by atoms with Crippen molar-refractivity contribution in [3.63, 3.8) is 0 Å². The highest BCUT2D eigenvalue weighted by Crippen LogP contribution is 2.26. The Balaban J connectivity index is 0.00000300. The third kappa shape index (κ3) is 5.05. The lowest BCUT2D eigenvalue weighted by Crippen LogP contribution is -2.51. The molecule has 0 spiro atoms. The maximum atomic E-state index is 13.1. The number of carbonyl (C=O) groups excluding carboxylic acids is 2. The molecule has 8 nitrogen and oxygen atoms in total. The largest absolute Gasteiger partial charge is 0.341 e. The number of nitrogens with one attached hydrogen (secondary N) is 1. The molecule has 2 aliphatic heterocycles. The molecular formula is C20H29ClN4O4. The van der Waals surface area contributed by atoms with Gasteiger partial charge in [-0.2, -0.15) is 0 Å². The number of benzene rings is 1. The average Bonchev–Trinajstić information content (AvgIpc) is 3.16. The molecule has 1 N–H and O–H groups in total. The summed E-state index contributed by atoms with van der Waals surface area (Å²) in [6.45, 7) is 4.53. The van der Waals surface area contributed by atoms with E-state index in [1.165, 1.54) is 12.1 Å². The Labute approximate surface area is 177 Å². The number of halogens is 1. The SMILES string of the molecule is CNCC1CCCN(C(=O)C2CCCN2C(=O)c2ccc([N+](=O)[O-])c(C)c2)C1.Cl. The first-order chi connectivity index (χ1) is 13.4. The molecule has 2 fully saturated rings. The van der Waals surface area contributed by atoms with E-state index in [-0.39, 0.29) is 29.9 Å². The number of aryl methyl sites for hydroxylation is 1. The van der Waals surface area contributed by atoms with Crippen LogP contribution in [0.5, 0.6) is 0 Å². The number of nitro benzene ring substituents is 1. The molecular weight excluding hydrogens is 396 g/mol. The standard InChI is InChI=1S/C20H28N4O4.ClH/c1-14-11-16(7-8-17(14)24(27)28)19(25)23-10-4-6-18(23)20(26)22-9-3-5-15(13-22)12-21-2;/h7-8,11,15,18,21H,3-6,9-10,12-13H2,1-2H3;1H. The minimum atomic E-state index is -0.455. The molecule has 2 atom stereocenters. The van der Waals surface area contributed by atoms with Crippen molar-refractivity contribution in [1.29, 1.82) is 0 Å². The summed E-state index contributed by atoms with van der Waals surface area (Å²) in [7, 11) is 1.92. The van der Waals surface area contributed by atoms with Gasteiger partial charge in [-0.15, -0.1) is 12.4 Å². The first kappa shape index (κ1) is 23.1. The highest BCUT2D eigenvalue weighted by Gasteiger charge is 2.38. The van der Waals surface area contributed by atoms with Gasteiger partial charge in [0, 0.05) is 36.8 Å². The van der Waals surface area contributed by atoms with Crippen LogP contribution in [0.3, 0.4) is 0 Å². The van der Waals surface area contributed by atoms with E-state index in [0.717, 1.165) is 38.9 Å². The van der Waals surface area contributed by atoms with Gasteiger partial charge in [0.1, 0.15) is 6.04 Å². The lowest BCUT2D eigenvalue weighted by molar-refractivity contribution is -0.385. The molecule has 160 valence electrons. The van der Waals surface area contributed by atoms with Crippen LogP contribution in [-0.2, 0) is 4.79 Å². The Bertz CT molecular complexity index is 771. The summed E-state index contributed by atoms with van der Waals surface area (Å²) >= 11 is 0. The van der Waals surface area contributed by atoms with Gasteiger partial charge in [-0.25, -0.2) is 0 Å². The summed E-state index contributed by atoms with van der Waals surface area (Å²) in [5.41, 5.74) is 0.841. The second kappa shape index (κ2) is 10.0. The van der Waals surface area contributed by atoms with Crippen LogP contribution in [0.1, 0.15) is 41.6 Å². The molecule has 2 heterocycles. The van der Waals surface area contributed by atoms with Crippen LogP contribution in [0.2, 0.25) is 0 Å². The fraction of sp³-hybridized carbons (Fsp3) is 0.600. The van der Waals surface area contributed by atoms with Gasteiger partial charge in [0.15, 0.2) is 0 Å². The van der Waals surface area contributed by atoms with Crippen molar-refractivity contribution in [2.45, 2.75) is 38.6 Å². The summed E-state index contributed by atoms with van der Waals surface area (Å²) in [5.74, 6) is 0.258. The first-order valence-corrected chi connectivity index (χ1v) is 9.91. The highest BCUT2D eigenvalue weighted by atomic mass is 35.5. The van der Waals surface area contributed by atoms with Gasteiger partial charge in [-0.3, -0.25) is 19.7 Å². The van der Waals surface area contributed by atoms with Gasteiger partial charge in [0.05, 0.1) is 4.92 Å². The number of hydrogen-bond donors (Lipinski definition) is 1. The number of amides is 2. The zero-order chi connectivity index (χ0) is 20.3. The molecule has 2 amide bonds. The number of hydrogen-bond acceptors (Lipinski definition) is 5. The van der Waals surface area contributed by atoms with Gasteiger partial charge in [-0.1, -0.05) is 0 Å². The molecule has 2 saturated heterocycles. The second-order valence-corrected chi connectivity index (χ2v) is 7.77. The van der Waals surface area contributed by atoms with E-state index in [0.29, 0.717) is 30.0 Å². The Morgan fingerprint density at radius 2 is 1.97 bits per heavy atom. The topological polar surface area (TPSA) is 95.8 Å². The Kier molecular flexibility index (Phi) is 7.98. The van der Waals surface area contributed by atoms with E-state index in [2.05, 4.69) is 5.32 Å². The van der Waals surface area contributed by atoms with E-state index in [4.69, 9.17) is 0 Å². The van der Waals surface area contributed by atoms with Crippen molar-refractivity contribution in [1.82, 2.24) is 15.1 Å². The first-order valence-electron chi connectivity index (χ1n) is 9.91. The third-order valence-electron chi connectivity index (χ3n) is 5.76. The third-order valence-corrected chi connectivity index (χ3v) is 5.76. The van der Waals surface area contributed by atoms with Gasteiger partial charge in [0.2, 0.25) is 5.91 Å². The van der Waals surface area contributed by atoms with Gasteiger partial charge >= 0.3 is 0 Å². The molecule has 0 aliphatic carbocycles. The summed E-state index contributed by atoms with van der Waals surface area (Å²) in [6, 6.07) is 3.96. The molecule has 9 heteroatoms. The zero-order valence-electron chi connectivity index (χ0n) is 16.9. The van der Waals surface area contributed by atoms with Crippen LogP contribution in [0.25, 0.3) is 0 Å². The number of likely N-dealkylation sites (tertiary alicyclic amines) is 2. The predicted molar refractivity (Wildman–Crippen MR) is 112 cm³/mol. The number of piperidine rings is 1. The zero-order valence-corrected chi connectivity index (χ0v) is 17.7. The lowest BCUT2D eigenvalue weighted by Gasteiger charge is -2.36. The van der Waals surface area contributed by atoms with Gasteiger partial charge in [0.25, 0.3) is 11.6 Å². The highest BCUT2D eigenvalue weighted by molar-refractivity contribution is 5.98. The molecule has 1 aromatic rings. The molecule has 29 heavy (non-hydrogen) atoms. The quantitative estimate of drug-likeness (QED) is 0.578. The van der Waals surface area contributed by atoms with Crippen LogP contribution in [-0.4, -0.2) is 65.8 Å². The molecule has 0 radical (unpaired) electrons. The number of rotatable bonds is 5. The van der Waals surface area contributed by atoms with Gasteiger partial charge in [-0.05, 0) is 64.3 Å². The lowest BCUT2D eigenvalue weighted by atomic mass is 9.97. The van der Waals surface area contributed by atoms with Gasteiger partial charge < -0.3 is 15.1 Å². The normalized spacial score (nSPS) is 21.6. The van der Waals surface area contributed by atoms with Crippen LogP contribution < -0.4 is 5.32 Å². The second-order valence-electron chi connectivity index (χ2n) is 7.77. The Morgan fingerprint density at radius 1 is 1.24 bits per heavy atom. The fourth-order valence-corrected chi connectivity index (χ4v) is 4.36.